The highest BCUT2D eigenvalue weighted by atomic mass is 79.9. The van der Waals surface area contributed by atoms with Gasteiger partial charge in [-0.2, -0.15) is 0 Å². The monoisotopic (exact) mass is 353 g/mol. The number of hydrogen-bond donors (Lipinski definition) is 1. The lowest BCUT2D eigenvalue weighted by atomic mass is 10.2. The van der Waals surface area contributed by atoms with E-state index in [0.717, 1.165) is 10.2 Å². The van der Waals surface area contributed by atoms with E-state index >= 15 is 0 Å². The minimum absolute atomic E-state index is 0.298. The summed E-state index contributed by atoms with van der Waals surface area (Å²) < 4.78 is 6.94. The van der Waals surface area contributed by atoms with Gasteiger partial charge in [0, 0.05) is 26.8 Å². The largest absolute Gasteiger partial charge is 0.492 e. The maximum atomic E-state index is 5.80. The number of benzene rings is 1. The third-order valence-corrected chi connectivity index (χ3v) is 4.95. The summed E-state index contributed by atoms with van der Waals surface area (Å²) in [5, 5.41) is 5.67. The second-order valence-electron chi connectivity index (χ2n) is 5.08. The van der Waals surface area contributed by atoms with Crippen LogP contribution in [0.5, 0.6) is 5.75 Å². The van der Waals surface area contributed by atoms with Crippen molar-refractivity contribution in [3.05, 3.63) is 50.6 Å². The zero-order chi connectivity index (χ0) is 14.5. The number of ether oxygens (including phenoxy) is 1. The fourth-order valence-corrected chi connectivity index (χ4v) is 3.43. The van der Waals surface area contributed by atoms with E-state index in [1.807, 2.05) is 12.1 Å². The Hall–Kier alpha value is -0.840. The van der Waals surface area contributed by atoms with E-state index in [2.05, 4.69) is 65.6 Å². The Balaban J connectivity index is 1.80. The molecule has 0 amide bonds. The Morgan fingerprint density at radius 2 is 1.95 bits per heavy atom. The van der Waals surface area contributed by atoms with Crippen LogP contribution in [0.1, 0.15) is 30.3 Å². The van der Waals surface area contributed by atoms with Gasteiger partial charge in [-0.15, -0.1) is 11.3 Å². The second-order valence-corrected chi connectivity index (χ2v) is 6.94. The Kier molecular flexibility index (Phi) is 5.64. The summed E-state index contributed by atoms with van der Waals surface area (Å²) in [5.41, 5.74) is 1.25. The van der Waals surface area contributed by atoms with Crippen molar-refractivity contribution in [2.24, 2.45) is 0 Å². The molecule has 0 bridgehead atoms. The molecular weight excluding hydrogens is 334 g/mol. The first-order valence-electron chi connectivity index (χ1n) is 6.74. The van der Waals surface area contributed by atoms with E-state index in [-0.39, 0.29) is 0 Å². The number of thiophene rings is 1. The predicted octanol–water partition coefficient (Wildman–Crippen LogP) is 4.94. The molecule has 2 atom stereocenters. The highest BCUT2D eigenvalue weighted by molar-refractivity contribution is 9.10. The minimum Gasteiger partial charge on any atom is -0.492 e. The molecule has 0 fully saturated rings. The summed E-state index contributed by atoms with van der Waals surface area (Å²) in [4.78, 5) is 1.33. The quantitative estimate of drug-likeness (QED) is 0.794. The highest BCUT2D eigenvalue weighted by Crippen LogP contribution is 2.25. The molecule has 0 radical (unpaired) electrons. The molecule has 1 N–H and O–H groups in total. The van der Waals surface area contributed by atoms with Crippen LogP contribution in [0.3, 0.4) is 0 Å². The van der Waals surface area contributed by atoms with Crippen LogP contribution in [0.4, 0.5) is 0 Å². The van der Waals surface area contributed by atoms with E-state index in [1.54, 1.807) is 11.3 Å². The number of halogens is 1. The molecule has 1 aromatic carbocycles. The van der Waals surface area contributed by atoms with Crippen LogP contribution in [0, 0.1) is 6.92 Å². The van der Waals surface area contributed by atoms with Crippen molar-refractivity contribution < 1.29 is 4.74 Å². The van der Waals surface area contributed by atoms with Gasteiger partial charge < -0.3 is 10.1 Å². The van der Waals surface area contributed by atoms with Crippen molar-refractivity contribution in [1.29, 1.82) is 0 Å². The van der Waals surface area contributed by atoms with Crippen molar-refractivity contribution >= 4 is 27.3 Å². The van der Waals surface area contributed by atoms with Gasteiger partial charge in [-0.25, -0.2) is 0 Å². The SMILES string of the molecule is Cc1ccc(OCC(C)NC(C)c2cc(Br)cs2)cc1. The van der Waals surface area contributed by atoms with Crippen molar-refractivity contribution in [2.45, 2.75) is 32.9 Å². The molecule has 0 saturated heterocycles. The maximum Gasteiger partial charge on any atom is 0.119 e. The standard InChI is InChI=1S/C16H20BrNOS/c1-11-4-6-15(7-5-11)19-9-12(2)18-13(3)16-8-14(17)10-20-16/h4-8,10,12-13,18H,9H2,1-3H3. The lowest BCUT2D eigenvalue weighted by Gasteiger charge is -2.19. The summed E-state index contributed by atoms with van der Waals surface area (Å²) in [6.45, 7) is 7.07. The first-order chi connectivity index (χ1) is 9.54. The molecule has 0 saturated carbocycles. The third kappa shape index (κ3) is 4.62. The van der Waals surface area contributed by atoms with Crippen molar-refractivity contribution in [1.82, 2.24) is 5.32 Å². The van der Waals surface area contributed by atoms with Crippen LogP contribution in [0.15, 0.2) is 40.2 Å². The van der Waals surface area contributed by atoms with Gasteiger partial charge in [0.05, 0.1) is 0 Å². The Morgan fingerprint density at radius 3 is 2.55 bits per heavy atom. The van der Waals surface area contributed by atoms with Gasteiger partial charge in [0.1, 0.15) is 12.4 Å². The molecule has 20 heavy (non-hydrogen) atoms. The smallest absolute Gasteiger partial charge is 0.119 e. The first-order valence-corrected chi connectivity index (χ1v) is 8.41. The third-order valence-electron chi connectivity index (χ3n) is 3.07. The summed E-state index contributed by atoms with van der Waals surface area (Å²) in [6, 6.07) is 11.0. The average Bonchev–Trinajstić information content (AvgIpc) is 2.85. The van der Waals surface area contributed by atoms with Crippen LogP contribution < -0.4 is 10.1 Å². The topological polar surface area (TPSA) is 21.3 Å². The Bertz CT molecular complexity index is 538. The molecule has 2 unspecified atom stereocenters. The molecule has 2 rings (SSSR count). The summed E-state index contributed by atoms with van der Waals surface area (Å²) >= 11 is 5.26. The molecule has 1 heterocycles. The van der Waals surface area contributed by atoms with E-state index in [1.165, 1.54) is 10.4 Å². The lowest BCUT2D eigenvalue weighted by molar-refractivity contribution is 0.264. The lowest BCUT2D eigenvalue weighted by Crippen LogP contribution is -2.33. The van der Waals surface area contributed by atoms with Gasteiger partial charge in [0.15, 0.2) is 0 Å². The number of rotatable bonds is 6. The molecule has 0 aliphatic carbocycles. The molecule has 0 aliphatic rings. The molecule has 2 aromatic rings. The zero-order valence-corrected chi connectivity index (χ0v) is 14.4. The second kappa shape index (κ2) is 7.25. The van der Waals surface area contributed by atoms with Gasteiger partial charge in [0.2, 0.25) is 0 Å². The minimum atomic E-state index is 0.298. The first kappa shape index (κ1) is 15.5. The molecular formula is C16H20BrNOS. The molecule has 108 valence electrons. The van der Waals surface area contributed by atoms with Crippen LogP contribution in [-0.2, 0) is 0 Å². The van der Waals surface area contributed by atoms with Gasteiger partial charge in [-0.05, 0) is 54.9 Å². The van der Waals surface area contributed by atoms with E-state index in [9.17, 15) is 0 Å². The molecule has 4 heteroatoms. The van der Waals surface area contributed by atoms with Crippen molar-refractivity contribution in [2.75, 3.05) is 6.61 Å². The molecule has 0 aliphatic heterocycles. The zero-order valence-electron chi connectivity index (χ0n) is 12.0. The Labute approximate surface area is 133 Å². The van der Waals surface area contributed by atoms with Crippen LogP contribution in [0.2, 0.25) is 0 Å². The summed E-state index contributed by atoms with van der Waals surface area (Å²) in [7, 11) is 0. The fourth-order valence-electron chi connectivity index (χ4n) is 1.97. The van der Waals surface area contributed by atoms with Crippen LogP contribution >= 0.6 is 27.3 Å². The van der Waals surface area contributed by atoms with Crippen molar-refractivity contribution in [3.8, 4) is 5.75 Å². The number of nitrogens with one attached hydrogen (secondary N) is 1. The maximum absolute atomic E-state index is 5.80. The predicted molar refractivity (Wildman–Crippen MR) is 89.7 cm³/mol. The van der Waals surface area contributed by atoms with E-state index in [0.29, 0.717) is 18.7 Å². The van der Waals surface area contributed by atoms with Crippen molar-refractivity contribution in [3.63, 3.8) is 0 Å². The van der Waals surface area contributed by atoms with Gasteiger partial charge >= 0.3 is 0 Å². The molecule has 0 spiro atoms. The fraction of sp³-hybridized carbons (Fsp3) is 0.375. The van der Waals surface area contributed by atoms with Gasteiger partial charge in [-0.1, -0.05) is 17.7 Å². The molecule has 1 aromatic heterocycles. The average molecular weight is 354 g/mol. The van der Waals surface area contributed by atoms with Gasteiger partial charge in [-0.3, -0.25) is 0 Å². The molecule has 2 nitrogen and oxygen atoms in total. The number of aryl methyl sites for hydroxylation is 1. The van der Waals surface area contributed by atoms with E-state index < -0.39 is 0 Å². The van der Waals surface area contributed by atoms with Gasteiger partial charge in [0.25, 0.3) is 0 Å². The number of hydrogen-bond acceptors (Lipinski definition) is 3. The highest BCUT2D eigenvalue weighted by Gasteiger charge is 2.11. The van der Waals surface area contributed by atoms with Crippen LogP contribution in [-0.4, -0.2) is 12.6 Å². The van der Waals surface area contributed by atoms with E-state index in [4.69, 9.17) is 4.74 Å². The summed E-state index contributed by atoms with van der Waals surface area (Å²) in [5.74, 6) is 0.927. The normalized spacial score (nSPS) is 14.0. The van der Waals surface area contributed by atoms with Crippen LogP contribution in [0.25, 0.3) is 0 Å². The Morgan fingerprint density at radius 1 is 1.25 bits per heavy atom. The summed E-state index contributed by atoms with van der Waals surface area (Å²) in [6.07, 6.45) is 0.